The fourth-order valence-corrected chi connectivity index (χ4v) is 2.73. The molecule has 1 aromatic carbocycles. The van der Waals surface area contributed by atoms with Crippen molar-refractivity contribution in [3.8, 4) is 11.3 Å². The molecule has 0 saturated carbocycles. The van der Waals surface area contributed by atoms with Crippen LogP contribution in [0.4, 0.5) is 0 Å². The molecule has 0 unspecified atom stereocenters. The van der Waals surface area contributed by atoms with E-state index < -0.39 is 0 Å². The van der Waals surface area contributed by atoms with Crippen molar-refractivity contribution < 1.29 is 4.42 Å². The molecule has 1 heterocycles. The van der Waals surface area contributed by atoms with Gasteiger partial charge in [-0.15, -0.1) is 0 Å². The second-order valence-electron chi connectivity index (χ2n) is 3.23. The zero-order valence-electron chi connectivity index (χ0n) is 8.23. The third-order valence-electron chi connectivity index (χ3n) is 1.89. The Morgan fingerprint density at radius 2 is 1.86 bits per heavy atom. The van der Waals surface area contributed by atoms with Crippen molar-refractivity contribution in [3.63, 3.8) is 0 Å². The van der Waals surface area contributed by atoms with Gasteiger partial charge in [0.1, 0.15) is 0 Å². The van der Waals surface area contributed by atoms with E-state index >= 15 is 0 Å². The molecule has 0 radical (unpaired) electrons. The molecular weight excluding hydrogens is 241 g/mol. The summed E-state index contributed by atoms with van der Waals surface area (Å²) in [5, 5.41) is 0. The van der Waals surface area contributed by atoms with E-state index in [4.69, 9.17) is 4.42 Å². The van der Waals surface area contributed by atoms with Crippen molar-refractivity contribution in [1.29, 1.82) is 0 Å². The van der Waals surface area contributed by atoms with Gasteiger partial charge in [0.05, 0.1) is 0 Å². The molecule has 0 atom stereocenters. The second-order valence-corrected chi connectivity index (χ2v) is 4.95. The van der Waals surface area contributed by atoms with Crippen molar-refractivity contribution in [3.05, 3.63) is 39.7 Å². The summed E-state index contributed by atoms with van der Waals surface area (Å²) < 4.78 is 8.84. The molecule has 0 bridgehead atoms. The first-order valence-corrected chi connectivity index (χ1v) is 6.26. The van der Waals surface area contributed by atoms with Crippen LogP contribution in [-0.2, 0) is 0 Å². The minimum atomic E-state index is 0.342. The second kappa shape index (κ2) is 3.99. The first-order chi connectivity index (χ1) is 6.77. The van der Waals surface area contributed by atoms with Gasteiger partial charge in [0.25, 0.3) is 0 Å². The Labute approximate surface area is 88.9 Å². The standard InChI is InChI=1S/C11H12NOSe/c1-12(2)11-13-10(8-14-11)9-6-4-3-5-7-9/h3-8H,1-2H3/q+1. The summed E-state index contributed by atoms with van der Waals surface area (Å²) in [6.07, 6.45) is 0. The van der Waals surface area contributed by atoms with Gasteiger partial charge in [-0.1, -0.05) is 0 Å². The van der Waals surface area contributed by atoms with E-state index in [1.54, 1.807) is 0 Å². The Kier molecular flexibility index (Phi) is 2.71. The van der Waals surface area contributed by atoms with Crippen molar-refractivity contribution in [2.45, 2.75) is 0 Å². The molecule has 0 N–H and O–H groups in total. The molecule has 0 aliphatic rings. The van der Waals surface area contributed by atoms with Gasteiger partial charge < -0.3 is 0 Å². The molecule has 72 valence electrons. The van der Waals surface area contributed by atoms with Crippen LogP contribution in [0.3, 0.4) is 0 Å². The fourth-order valence-electron chi connectivity index (χ4n) is 1.17. The Balaban J connectivity index is 2.50. The molecular formula is C11H12NOSe+. The number of rotatable bonds is 1. The molecule has 0 amide bonds. The quantitative estimate of drug-likeness (QED) is 0.548. The van der Waals surface area contributed by atoms with Gasteiger partial charge in [0.15, 0.2) is 0 Å². The summed E-state index contributed by atoms with van der Waals surface area (Å²) in [4.78, 5) is 2.18. The third kappa shape index (κ3) is 1.89. The molecule has 0 aliphatic heterocycles. The Morgan fingerprint density at radius 3 is 2.43 bits per heavy atom. The topological polar surface area (TPSA) is 16.1 Å². The normalized spacial score (nSPS) is 10.1. The van der Waals surface area contributed by atoms with Crippen molar-refractivity contribution in [2.75, 3.05) is 14.1 Å². The van der Waals surface area contributed by atoms with E-state index in [0.717, 1.165) is 15.8 Å². The van der Waals surface area contributed by atoms with Crippen LogP contribution in [0.2, 0.25) is 0 Å². The van der Waals surface area contributed by atoms with Gasteiger partial charge in [0, 0.05) is 0 Å². The van der Waals surface area contributed by atoms with E-state index in [1.807, 2.05) is 36.9 Å². The number of benzene rings is 1. The molecule has 14 heavy (non-hydrogen) atoms. The summed E-state index contributed by atoms with van der Waals surface area (Å²) in [5.74, 6) is 0.995. The minimum absolute atomic E-state index is 0.342. The van der Waals surface area contributed by atoms with Crippen molar-refractivity contribution in [2.24, 2.45) is 0 Å². The number of hydrogen-bond donors (Lipinski definition) is 0. The molecule has 2 nitrogen and oxygen atoms in total. The summed E-state index contributed by atoms with van der Waals surface area (Å²) >= 11 is 0.342. The average molecular weight is 253 g/mol. The summed E-state index contributed by atoms with van der Waals surface area (Å²) in [7, 11) is 4.03. The SMILES string of the molecule is C[N+](C)=c1oc(-c2ccccc2)c[se]1. The first kappa shape index (κ1) is 9.50. The van der Waals surface area contributed by atoms with Gasteiger partial charge in [-0.25, -0.2) is 0 Å². The van der Waals surface area contributed by atoms with Crippen LogP contribution >= 0.6 is 0 Å². The van der Waals surface area contributed by atoms with Crippen molar-refractivity contribution >= 4 is 14.5 Å². The van der Waals surface area contributed by atoms with E-state index in [-0.39, 0.29) is 0 Å². The maximum atomic E-state index is 5.74. The molecule has 0 spiro atoms. The van der Waals surface area contributed by atoms with Crippen LogP contribution in [0.15, 0.2) is 39.7 Å². The molecule has 3 heteroatoms. The molecule has 0 saturated heterocycles. The van der Waals surface area contributed by atoms with Crippen LogP contribution < -0.4 is 9.00 Å². The van der Waals surface area contributed by atoms with Gasteiger partial charge in [-0.2, -0.15) is 0 Å². The Hall–Kier alpha value is -1.05. The number of hydrogen-bond acceptors (Lipinski definition) is 1. The summed E-state index contributed by atoms with van der Waals surface area (Å²) in [5.41, 5.74) is 1.16. The fraction of sp³-hybridized carbons (Fsp3) is 0.182. The van der Waals surface area contributed by atoms with E-state index in [0.29, 0.717) is 14.5 Å². The molecule has 1 aromatic heterocycles. The molecule has 2 rings (SSSR count). The zero-order valence-corrected chi connectivity index (χ0v) is 9.94. The zero-order chi connectivity index (χ0) is 9.97. The van der Waals surface area contributed by atoms with Gasteiger partial charge in [-0.05, 0) is 0 Å². The van der Waals surface area contributed by atoms with Gasteiger partial charge in [0.2, 0.25) is 0 Å². The molecule has 2 aromatic rings. The predicted octanol–water partition coefficient (Wildman–Crippen LogP) is 1.04. The van der Waals surface area contributed by atoms with Crippen LogP contribution in [0.25, 0.3) is 11.3 Å². The van der Waals surface area contributed by atoms with Crippen LogP contribution in [0, 0.1) is 0 Å². The third-order valence-corrected chi connectivity index (χ3v) is 3.95. The molecule has 0 fully saturated rings. The number of nitrogens with zero attached hydrogens (tertiary/aromatic N) is 1. The maximum absolute atomic E-state index is 5.74. The van der Waals surface area contributed by atoms with Gasteiger partial charge >= 0.3 is 88.6 Å². The van der Waals surface area contributed by atoms with Crippen LogP contribution in [0.5, 0.6) is 0 Å². The Morgan fingerprint density at radius 1 is 1.14 bits per heavy atom. The monoisotopic (exact) mass is 254 g/mol. The summed E-state index contributed by atoms with van der Waals surface area (Å²) in [6.45, 7) is 0. The van der Waals surface area contributed by atoms with E-state index in [1.165, 1.54) is 0 Å². The van der Waals surface area contributed by atoms with Crippen LogP contribution in [0.1, 0.15) is 0 Å². The Bertz CT molecular complexity index is 477. The summed E-state index contributed by atoms with van der Waals surface area (Å²) in [6, 6.07) is 10.2. The predicted molar refractivity (Wildman–Crippen MR) is 58.2 cm³/mol. The van der Waals surface area contributed by atoms with E-state index in [2.05, 4.69) is 17.1 Å². The first-order valence-electron chi connectivity index (χ1n) is 4.42. The van der Waals surface area contributed by atoms with E-state index in [9.17, 15) is 0 Å². The van der Waals surface area contributed by atoms with Crippen molar-refractivity contribution in [1.82, 2.24) is 4.58 Å². The van der Waals surface area contributed by atoms with Crippen LogP contribution in [-0.4, -0.2) is 28.6 Å². The average Bonchev–Trinajstić information content (AvgIpc) is 2.68. The molecule has 0 aliphatic carbocycles. The van der Waals surface area contributed by atoms with Gasteiger partial charge in [-0.3, -0.25) is 0 Å².